The predicted molar refractivity (Wildman–Crippen MR) is 81.7 cm³/mol. The fraction of sp³-hybridized carbons (Fsp3) is 0.133. The number of rotatable bonds is 3. The molecule has 0 saturated heterocycles. The number of halogens is 5. The number of amides is 1. The normalized spacial score (nSPS) is 12.8. The Morgan fingerprint density at radius 1 is 1.09 bits per heavy atom. The van der Waals surface area contributed by atoms with Crippen molar-refractivity contribution in [3.8, 4) is 0 Å². The molecular weight excluding hydrogens is 354 g/mol. The molecule has 122 valence electrons. The molecule has 0 heterocycles. The molecular formula is C15H10Cl2F3NO2. The Labute approximate surface area is 139 Å². The Balaban J connectivity index is 2.40. The molecule has 0 spiro atoms. The Morgan fingerprint density at radius 3 is 2.39 bits per heavy atom. The number of anilines is 1. The molecule has 0 aromatic heterocycles. The van der Waals surface area contributed by atoms with E-state index in [0.29, 0.717) is 5.02 Å². The molecule has 8 heteroatoms. The molecule has 23 heavy (non-hydrogen) atoms. The van der Waals surface area contributed by atoms with Gasteiger partial charge in [0.2, 0.25) is 0 Å². The average Bonchev–Trinajstić information content (AvgIpc) is 2.48. The zero-order valence-electron chi connectivity index (χ0n) is 11.4. The second kappa shape index (κ2) is 6.78. The minimum Gasteiger partial charge on any atom is -0.384 e. The number of carbonyl (C=O) groups excluding carboxylic acids is 1. The SMILES string of the molecule is O=C(Nc1ccccc1C(O)c1cc(Cl)ccc1Cl)C(F)(F)F. The van der Waals surface area contributed by atoms with E-state index in [2.05, 4.69) is 0 Å². The summed E-state index contributed by atoms with van der Waals surface area (Å²) in [6.07, 6.45) is -6.39. The molecule has 0 aliphatic heterocycles. The van der Waals surface area contributed by atoms with E-state index in [1.165, 1.54) is 42.5 Å². The summed E-state index contributed by atoms with van der Waals surface area (Å²) < 4.78 is 37.2. The van der Waals surface area contributed by atoms with E-state index >= 15 is 0 Å². The van der Waals surface area contributed by atoms with Crippen LogP contribution in [0.5, 0.6) is 0 Å². The quantitative estimate of drug-likeness (QED) is 0.838. The molecule has 0 saturated carbocycles. The summed E-state index contributed by atoms with van der Waals surface area (Å²) in [7, 11) is 0. The van der Waals surface area contributed by atoms with Crippen molar-refractivity contribution in [2.75, 3.05) is 5.32 Å². The van der Waals surface area contributed by atoms with Crippen LogP contribution in [0, 0.1) is 0 Å². The number of alkyl halides is 3. The second-order valence-corrected chi connectivity index (χ2v) is 5.45. The topological polar surface area (TPSA) is 49.3 Å². The van der Waals surface area contributed by atoms with Gasteiger partial charge in [-0.05, 0) is 24.3 Å². The van der Waals surface area contributed by atoms with Crippen LogP contribution in [0.3, 0.4) is 0 Å². The highest BCUT2D eigenvalue weighted by Crippen LogP contribution is 2.34. The number of hydrogen-bond donors (Lipinski definition) is 2. The van der Waals surface area contributed by atoms with Crippen LogP contribution in [0.4, 0.5) is 18.9 Å². The first-order chi connectivity index (χ1) is 10.7. The molecule has 0 aliphatic rings. The molecule has 1 amide bonds. The lowest BCUT2D eigenvalue weighted by Gasteiger charge is -2.18. The number of benzene rings is 2. The maximum Gasteiger partial charge on any atom is 0.471 e. The van der Waals surface area contributed by atoms with Gasteiger partial charge in [0.05, 0.1) is 0 Å². The van der Waals surface area contributed by atoms with Crippen molar-refractivity contribution < 1.29 is 23.1 Å². The van der Waals surface area contributed by atoms with Crippen molar-refractivity contribution in [3.63, 3.8) is 0 Å². The van der Waals surface area contributed by atoms with Crippen LogP contribution in [0.2, 0.25) is 10.0 Å². The smallest absolute Gasteiger partial charge is 0.384 e. The summed E-state index contributed by atoms with van der Waals surface area (Å²) >= 11 is 11.8. The monoisotopic (exact) mass is 363 g/mol. The van der Waals surface area contributed by atoms with Gasteiger partial charge < -0.3 is 10.4 Å². The first-order valence-electron chi connectivity index (χ1n) is 6.30. The molecule has 0 aliphatic carbocycles. The number of para-hydroxylation sites is 1. The Bertz CT molecular complexity index is 735. The van der Waals surface area contributed by atoms with Gasteiger partial charge in [0, 0.05) is 26.9 Å². The third-order valence-electron chi connectivity index (χ3n) is 3.01. The third kappa shape index (κ3) is 4.16. The Hall–Kier alpha value is -1.76. The Morgan fingerprint density at radius 2 is 1.74 bits per heavy atom. The maximum atomic E-state index is 12.4. The fourth-order valence-electron chi connectivity index (χ4n) is 1.93. The van der Waals surface area contributed by atoms with Gasteiger partial charge in [-0.1, -0.05) is 41.4 Å². The molecule has 0 radical (unpaired) electrons. The van der Waals surface area contributed by atoms with Crippen LogP contribution in [-0.4, -0.2) is 17.2 Å². The number of nitrogens with one attached hydrogen (secondary N) is 1. The van der Waals surface area contributed by atoms with Gasteiger partial charge in [-0.3, -0.25) is 4.79 Å². The fourth-order valence-corrected chi connectivity index (χ4v) is 2.34. The van der Waals surface area contributed by atoms with Gasteiger partial charge >= 0.3 is 12.1 Å². The van der Waals surface area contributed by atoms with Gasteiger partial charge in [0.15, 0.2) is 0 Å². The lowest BCUT2D eigenvalue weighted by Crippen LogP contribution is -2.30. The van der Waals surface area contributed by atoms with Gasteiger partial charge in [0.1, 0.15) is 6.10 Å². The molecule has 2 rings (SSSR count). The lowest BCUT2D eigenvalue weighted by molar-refractivity contribution is -0.167. The first-order valence-corrected chi connectivity index (χ1v) is 7.06. The van der Waals surface area contributed by atoms with E-state index in [0.717, 1.165) is 0 Å². The van der Waals surface area contributed by atoms with Crippen molar-refractivity contribution in [2.45, 2.75) is 12.3 Å². The highest BCUT2D eigenvalue weighted by atomic mass is 35.5. The van der Waals surface area contributed by atoms with Gasteiger partial charge in [-0.15, -0.1) is 0 Å². The van der Waals surface area contributed by atoms with Crippen LogP contribution in [-0.2, 0) is 4.79 Å². The lowest BCUT2D eigenvalue weighted by atomic mass is 9.99. The van der Waals surface area contributed by atoms with Crippen molar-refractivity contribution in [1.29, 1.82) is 0 Å². The molecule has 0 bridgehead atoms. The van der Waals surface area contributed by atoms with Crippen LogP contribution in [0.1, 0.15) is 17.2 Å². The molecule has 3 nitrogen and oxygen atoms in total. The molecule has 1 atom stereocenters. The van der Waals surface area contributed by atoms with Crippen molar-refractivity contribution in [3.05, 3.63) is 63.6 Å². The maximum absolute atomic E-state index is 12.4. The van der Waals surface area contributed by atoms with Crippen LogP contribution in [0.15, 0.2) is 42.5 Å². The number of aliphatic hydroxyl groups excluding tert-OH is 1. The molecule has 2 aromatic carbocycles. The minimum atomic E-state index is -5.04. The molecule has 1 unspecified atom stereocenters. The number of carbonyl (C=O) groups is 1. The second-order valence-electron chi connectivity index (χ2n) is 4.61. The van der Waals surface area contributed by atoms with E-state index in [9.17, 15) is 23.1 Å². The Kier molecular flexibility index (Phi) is 5.19. The summed E-state index contributed by atoms with van der Waals surface area (Å²) in [6, 6.07) is 9.95. The average molecular weight is 364 g/mol. The minimum absolute atomic E-state index is 0.0641. The van der Waals surface area contributed by atoms with Crippen molar-refractivity contribution >= 4 is 34.8 Å². The van der Waals surface area contributed by atoms with E-state index in [-0.39, 0.29) is 21.8 Å². The van der Waals surface area contributed by atoms with E-state index in [1.54, 1.807) is 5.32 Å². The summed E-state index contributed by atoms with van der Waals surface area (Å²) in [5.41, 5.74) is 0.112. The highest BCUT2D eigenvalue weighted by Gasteiger charge is 2.39. The predicted octanol–water partition coefficient (Wildman–Crippen LogP) is 4.58. The third-order valence-corrected chi connectivity index (χ3v) is 3.59. The van der Waals surface area contributed by atoms with Crippen LogP contribution < -0.4 is 5.32 Å². The zero-order chi connectivity index (χ0) is 17.2. The summed E-state index contributed by atoms with van der Waals surface area (Å²) in [5.74, 6) is -2.13. The summed E-state index contributed by atoms with van der Waals surface area (Å²) in [4.78, 5) is 11.1. The number of aliphatic hydroxyl groups is 1. The van der Waals surface area contributed by atoms with Crippen LogP contribution >= 0.6 is 23.2 Å². The standard InChI is InChI=1S/C15H10Cl2F3NO2/c16-8-5-6-11(17)10(7-8)13(22)9-3-1-2-4-12(9)21-14(23)15(18,19)20/h1-7,13,22H,(H,21,23). The first kappa shape index (κ1) is 17.6. The number of hydrogen-bond acceptors (Lipinski definition) is 2. The van der Waals surface area contributed by atoms with Gasteiger partial charge in [-0.25, -0.2) is 0 Å². The summed E-state index contributed by atoms with van der Waals surface area (Å²) in [6.45, 7) is 0. The molecule has 0 fully saturated rings. The summed E-state index contributed by atoms with van der Waals surface area (Å²) in [5, 5.41) is 12.7. The largest absolute Gasteiger partial charge is 0.471 e. The van der Waals surface area contributed by atoms with E-state index in [4.69, 9.17) is 23.2 Å². The van der Waals surface area contributed by atoms with Crippen molar-refractivity contribution in [2.24, 2.45) is 0 Å². The van der Waals surface area contributed by atoms with Crippen molar-refractivity contribution in [1.82, 2.24) is 0 Å². The zero-order valence-corrected chi connectivity index (χ0v) is 12.9. The van der Waals surface area contributed by atoms with E-state index in [1.807, 2.05) is 0 Å². The molecule has 2 aromatic rings. The van der Waals surface area contributed by atoms with Gasteiger partial charge in [0.25, 0.3) is 0 Å². The highest BCUT2D eigenvalue weighted by molar-refractivity contribution is 6.33. The van der Waals surface area contributed by atoms with Gasteiger partial charge in [-0.2, -0.15) is 13.2 Å². The molecule has 2 N–H and O–H groups in total. The van der Waals surface area contributed by atoms with Crippen LogP contribution in [0.25, 0.3) is 0 Å². The van der Waals surface area contributed by atoms with E-state index < -0.39 is 18.2 Å².